The molecule has 18 heavy (non-hydrogen) atoms. The predicted octanol–water partition coefficient (Wildman–Crippen LogP) is 3.74. The number of nitrogens with one attached hydrogen (secondary N) is 1. The lowest BCUT2D eigenvalue weighted by atomic mass is 10.3. The fraction of sp³-hybridized carbons (Fsp3) is 0.0909. The van der Waals surface area contributed by atoms with Crippen molar-refractivity contribution in [3.05, 3.63) is 44.3 Å². The highest BCUT2D eigenvalue weighted by Crippen LogP contribution is 2.28. The van der Waals surface area contributed by atoms with Crippen LogP contribution in [-0.4, -0.2) is 10.9 Å². The van der Waals surface area contributed by atoms with E-state index in [1.165, 1.54) is 11.3 Å². The number of pyridine rings is 1. The van der Waals surface area contributed by atoms with Crippen LogP contribution in [0.1, 0.15) is 15.2 Å². The molecule has 0 aliphatic carbocycles. The fourth-order valence-electron chi connectivity index (χ4n) is 1.26. The van der Waals surface area contributed by atoms with Crippen LogP contribution >= 0.6 is 27.3 Å². The Hall–Kier alpha value is -1.34. The van der Waals surface area contributed by atoms with Crippen molar-refractivity contribution in [2.24, 2.45) is 0 Å². The smallest absolute Gasteiger partial charge is 0.265 e. The maximum absolute atomic E-state index is 13.2. The fourth-order valence-corrected chi connectivity index (χ4v) is 2.69. The summed E-state index contributed by atoms with van der Waals surface area (Å²) in [6.07, 6.45) is 0. The van der Waals surface area contributed by atoms with Crippen LogP contribution < -0.4 is 5.32 Å². The van der Waals surface area contributed by atoms with Crippen LogP contribution in [0.3, 0.4) is 0 Å². The van der Waals surface area contributed by atoms with E-state index in [0.29, 0.717) is 4.88 Å². The Bertz CT molecular complexity index is 596. The van der Waals surface area contributed by atoms with Crippen LogP contribution in [0, 0.1) is 18.8 Å². The van der Waals surface area contributed by atoms with Gasteiger partial charge < -0.3 is 5.32 Å². The summed E-state index contributed by atoms with van der Waals surface area (Å²) >= 11 is 4.53. The number of thiophene rings is 1. The third-order valence-corrected chi connectivity index (χ3v) is 4.28. The standard InChI is InChI=1S/C11H7BrF2N2OS/c1-5-4-7(18-9(5)12)11(17)15-6-2-3-8(13)16-10(6)14/h2-4H,1H3,(H,15,17). The Labute approximate surface area is 114 Å². The normalized spacial score (nSPS) is 10.4. The number of rotatable bonds is 2. The molecule has 7 heteroatoms. The van der Waals surface area contributed by atoms with Gasteiger partial charge in [-0.3, -0.25) is 4.79 Å². The molecule has 0 atom stereocenters. The topological polar surface area (TPSA) is 42.0 Å². The molecule has 1 N–H and O–H groups in total. The quantitative estimate of drug-likeness (QED) is 0.851. The Morgan fingerprint density at radius 2 is 2.17 bits per heavy atom. The largest absolute Gasteiger partial charge is 0.317 e. The van der Waals surface area contributed by atoms with Crippen molar-refractivity contribution < 1.29 is 13.6 Å². The van der Waals surface area contributed by atoms with Crippen molar-refractivity contribution in [2.45, 2.75) is 6.92 Å². The van der Waals surface area contributed by atoms with Gasteiger partial charge in [0.1, 0.15) is 0 Å². The summed E-state index contributed by atoms with van der Waals surface area (Å²) in [6, 6.07) is 3.79. The van der Waals surface area contributed by atoms with Gasteiger partial charge in [0.25, 0.3) is 5.91 Å². The van der Waals surface area contributed by atoms with Crippen molar-refractivity contribution in [2.75, 3.05) is 5.32 Å². The number of nitrogens with zero attached hydrogens (tertiary/aromatic N) is 1. The van der Waals surface area contributed by atoms with E-state index in [1.807, 2.05) is 6.92 Å². The molecule has 0 fully saturated rings. The minimum atomic E-state index is -1.05. The van der Waals surface area contributed by atoms with Crippen LogP contribution in [-0.2, 0) is 0 Å². The van der Waals surface area contributed by atoms with Crippen LogP contribution in [0.2, 0.25) is 0 Å². The predicted molar refractivity (Wildman–Crippen MR) is 68.9 cm³/mol. The van der Waals surface area contributed by atoms with Gasteiger partial charge in [0.15, 0.2) is 0 Å². The summed E-state index contributed by atoms with van der Waals surface area (Å²) in [5.74, 6) is -2.43. The molecule has 2 heterocycles. The van der Waals surface area contributed by atoms with E-state index in [9.17, 15) is 13.6 Å². The summed E-state index contributed by atoms with van der Waals surface area (Å²) in [6.45, 7) is 1.84. The van der Waals surface area contributed by atoms with E-state index in [0.717, 1.165) is 21.5 Å². The van der Waals surface area contributed by atoms with E-state index in [-0.39, 0.29) is 5.69 Å². The average Bonchev–Trinajstić information content (AvgIpc) is 2.63. The zero-order chi connectivity index (χ0) is 13.3. The van der Waals surface area contributed by atoms with E-state index in [2.05, 4.69) is 26.2 Å². The first kappa shape index (κ1) is 13.1. The number of carbonyl (C=O) groups excluding carboxylic acids is 1. The molecule has 2 aromatic rings. The number of hydrogen-bond acceptors (Lipinski definition) is 3. The molecule has 0 aromatic carbocycles. The van der Waals surface area contributed by atoms with Gasteiger partial charge in [-0.2, -0.15) is 13.8 Å². The summed E-state index contributed by atoms with van der Waals surface area (Å²) in [7, 11) is 0. The highest BCUT2D eigenvalue weighted by atomic mass is 79.9. The van der Waals surface area contributed by atoms with Gasteiger partial charge in [0.2, 0.25) is 11.9 Å². The van der Waals surface area contributed by atoms with Crippen molar-refractivity contribution in [3.63, 3.8) is 0 Å². The summed E-state index contributed by atoms with van der Waals surface area (Å²) < 4.78 is 26.7. The summed E-state index contributed by atoms with van der Waals surface area (Å²) in [5, 5.41) is 2.34. The minimum Gasteiger partial charge on any atom is -0.317 e. The first-order valence-electron chi connectivity index (χ1n) is 4.86. The first-order chi connectivity index (χ1) is 8.47. The SMILES string of the molecule is Cc1cc(C(=O)Nc2ccc(F)nc2F)sc1Br. The van der Waals surface area contributed by atoms with Gasteiger partial charge >= 0.3 is 0 Å². The highest BCUT2D eigenvalue weighted by molar-refractivity contribution is 9.11. The molecule has 1 amide bonds. The first-order valence-corrected chi connectivity index (χ1v) is 6.47. The molecule has 0 spiro atoms. The van der Waals surface area contributed by atoms with E-state index < -0.39 is 17.8 Å². The lowest BCUT2D eigenvalue weighted by molar-refractivity contribution is 0.103. The van der Waals surface area contributed by atoms with Gasteiger partial charge in [-0.05, 0) is 46.6 Å². The number of aromatic nitrogens is 1. The minimum absolute atomic E-state index is 0.149. The van der Waals surface area contributed by atoms with E-state index in [4.69, 9.17) is 0 Å². The second-order valence-corrected chi connectivity index (χ2v) is 5.86. The maximum Gasteiger partial charge on any atom is 0.265 e. The molecule has 2 rings (SSSR count). The average molecular weight is 333 g/mol. The Morgan fingerprint density at radius 1 is 1.44 bits per heavy atom. The van der Waals surface area contributed by atoms with Crippen LogP contribution in [0.15, 0.2) is 22.0 Å². The van der Waals surface area contributed by atoms with Crippen LogP contribution in [0.4, 0.5) is 14.5 Å². The molecule has 0 aliphatic rings. The Balaban J connectivity index is 2.21. The van der Waals surface area contributed by atoms with Crippen LogP contribution in [0.5, 0.6) is 0 Å². The monoisotopic (exact) mass is 332 g/mol. The molecule has 0 unspecified atom stereocenters. The molecule has 94 valence electrons. The van der Waals surface area contributed by atoms with E-state index in [1.54, 1.807) is 6.07 Å². The lowest BCUT2D eigenvalue weighted by Crippen LogP contribution is -2.12. The summed E-state index contributed by atoms with van der Waals surface area (Å²) in [4.78, 5) is 15.2. The molecule has 3 nitrogen and oxygen atoms in total. The molecule has 0 radical (unpaired) electrons. The highest BCUT2D eigenvalue weighted by Gasteiger charge is 2.14. The molecule has 0 saturated heterocycles. The zero-order valence-electron chi connectivity index (χ0n) is 9.13. The van der Waals surface area contributed by atoms with Crippen molar-refractivity contribution in [3.8, 4) is 0 Å². The number of halogens is 3. The van der Waals surface area contributed by atoms with Gasteiger partial charge in [-0.15, -0.1) is 11.3 Å². The second-order valence-electron chi connectivity index (χ2n) is 3.49. The van der Waals surface area contributed by atoms with Gasteiger partial charge in [-0.1, -0.05) is 0 Å². The molecule has 0 bridgehead atoms. The van der Waals surface area contributed by atoms with Gasteiger partial charge in [-0.25, -0.2) is 0 Å². The van der Waals surface area contributed by atoms with Crippen molar-refractivity contribution in [1.29, 1.82) is 0 Å². The number of hydrogen-bond donors (Lipinski definition) is 1. The van der Waals surface area contributed by atoms with E-state index >= 15 is 0 Å². The van der Waals surface area contributed by atoms with Gasteiger partial charge in [0.05, 0.1) is 14.4 Å². The number of aryl methyl sites for hydroxylation is 1. The van der Waals surface area contributed by atoms with Crippen molar-refractivity contribution >= 4 is 38.9 Å². The van der Waals surface area contributed by atoms with Crippen LogP contribution in [0.25, 0.3) is 0 Å². The molecule has 0 aliphatic heterocycles. The Kier molecular flexibility index (Phi) is 3.72. The number of anilines is 1. The third kappa shape index (κ3) is 2.73. The number of amides is 1. The second kappa shape index (κ2) is 5.11. The third-order valence-electron chi connectivity index (χ3n) is 2.14. The maximum atomic E-state index is 13.2. The Morgan fingerprint density at radius 3 is 2.72 bits per heavy atom. The molecule has 2 aromatic heterocycles. The molecular weight excluding hydrogens is 326 g/mol. The molecule has 0 saturated carbocycles. The summed E-state index contributed by atoms with van der Waals surface area (Å²) in [5.41, 5.74) is 0.770. The molecular formula is C11H7BrF2N2OS. The lowest BCUT2D eigenvalue weighted by Gasteiger charge is -2.03. The number of carbonyl (C=O) groups is 1. The van der Waals surface area contributed by atoms with Gasteiger partial charge in [0, 0.05) is 0 Å². The zero-order valence-corrected chi connectivity index (χ0v) is 11.5. The van der Waals surface area contributed by atoms with Crippen molar-refractivity contribution in [1.82, 2.24) is 4.98 Å².